The molecule has 2 rings (SSSR count). The number of Topliss-reactive ketones (excluding diaryl/α,β-unsaturated/α-hetero) is 2. The lowest BCUT2D eigenvalue weighted by molar-refractivity contribution is -0.118. The van der Waals surface area contributed by atoms with Crippen LogP contribution in [0.25, 0.3) is 0 Å². The highest BCUT2D eigenvalue weighted by Crippen LogP contribution is 2.27. The van der Waals surface area contributed by atoms with Crippen molar-refractivity contribution in [3.8, 4) is 5.75 Å². The summed E-state index contributed by atoms with van der Waals surface area (Å²) in [5, 5.41) is 0.972. The average molecular weight is 351 g/mol. The Morgan fingerprint density at radius 3 is 2.43 bits per heavy atom. The second-order valence-electron chi connectivity index (χ2n) is 5.03. The van der Waals surface area contributed by atoms with Gasteiger partial charge in [-0.2, -0.15) is 0 Å². The van der Waals surface area contributed by atoms with Gasteiger partial charge in [0.05, 0.1) is 18.1 Å². The molecule has 2 aromatic carbocycles. The second-order valence-corrected chi connectivity index (χ2v) is 5.88. The molecule has 120 valence electrons. The Morgan fingerprint density at radius 1 is 1.00 bits per heavy atom. The molecule has 0 unspecified atom stereocenters. The lowest BCUT2D eigenvalue weighted by Crippen LogP contribution is -2.09. The number of carbonyl (C=O) groups is 2. The van der Waals surface area contributed by atoms with Gasteiger partial charge in [0.25, 0.3) is 0 Å². The van der Waals surface area contributed by atoms with Crippen LogP contribution in [-0.4, -0.2) is 18.2 Å². The van der Waals surface area contributed by atoms with Crippen LogP contribution >= 0.6 is 23.2 Å². The van der Waals surface area contributed by atoms with Crippen LogP contribution in [0.15, 0.2) is 48.5 Å². The standard InChI is InChI=1S/C18H16Cl2O3/c19-14-8-9-18(16(20)11-14)23-10-4-7-15(21)12-17(22)13-5-2-1-3-6-13/h1-3,5-6,8-9,11H,4,7,10,12H2. The van der Waals surface area contributed by atoms with Crippen molar-refractivity contribution in [2.24, 2.45) is 0 Å². The van der Waals surface area contributed by atoms with Crippen molar-refractivity contribution in [3.05, 3.63) is 64.1 Å². The van der Waals surface area contributed by atoms with Crippen molar-refractivity contribution in [1.82, 2.24) is 0 Å². The first-order chi connectivity index (χ1) is 11.1. The van der Waals surface area contributed by atoms with Gasteiger partial charge in [-0.05, 0) is 24.6 Å². The summed E-state index contributed by atoms with van der Waals surface area (Å²) < 4.78 is 5.50. The highest BCUT2D eigenvalue weighted by Gasteiger charge is 2.11. The largest absolute Gasteiger partial charge is 0.492 e. The Bertz CT molecular complexity index is 684. The van der Waals surface area contributed by atoms with Crippen molar-refractivity contribution in [2.75, 3.05) is 6.61 Å². The average Bonchev–Trinajstić information content (AvgIpc) is 2.54. The van der Waals surface area contributed by atoms with E-state index in [4.69, 9.17) is 27.9 Å². The summed E-state index contributed by atoms with van der Waals surface area (Å²) in [6, 6.07) is 13.8. The maximum Gasteiger partial charge on any atom is 0.170 e. The number of ether oxygens (including phenoxy) is 1. The Hall–Kier alpha value is -1.84. The first-order valence-corrected chi connectivity index (χ1v) is 7.99. The van der Waals surface area contributed by atoms with Crippen molar-refractivity contribution in [1.29, 1.82) is 0 Å². The minimum absolute atomic E-state index is 0.0777. The summed E-state index contributed by atoms with van der Waals surface area (Å²) >= 11 is 11.8. The molecule has 0 aliphatic heterocycles. The van der Waals surface area contributed by atoms with Crippen molar-refractivity contribution in [2.45, 2.75) is 19.3 Å². The van der Waals surface area contributed by atoms with Gasteiger partial charge >= 0.3 is 0 Å². The van der Waals surface area contributed by atoms with E-state index in [1.54, 1.807) is 42.5 Å². The van der Waals surface area contributed by atoms with Crippen LogP contribution in [0, 0.1) is 0 Å². The Kier molecular flexibility index (Phi) is 6.63. The number of hydrogen-bond acceptors (Lipinski definition) is 3. The van der Waals surface area contributed by atoms with Gasteiger partial charge in [0.15, 0.2) is 5.78 Å². The molecule has 0 bridgehead atoms. The fourth-order valence-corrected chi connectivity index (χ4v) is 2.50. The molecule has 0 saturated heterocycles. The van der Waals surface area contributed by atoms with E-state index in [0.717, 1.165) is 0 Å². The number of ketones is 2. The Balaban J connectivity index is 1.72. The van der Waals surface area contributed by atoms with Crippen LogP contribution in [0.1, 0.15) is 29.6 Å². The predicted octanol–water partition coefficient (Wildman–Crippen LogP) is 4.99. The lowest BCUT2D eigenvalue weighted by Gasteiger charge is -2.07. The first-order valence-electron chi connectivity index (χ1n) is 7.24. The molecule has 0 fully saturated rings. The van der Waals surface area contributed by atoms with Gasteiger partial charge in [0.1, 0.15) is 11.5 Å². The molecule has 5 heteroatoms. The number of halogens is 2. The molecule has 0 aliphatic carbocycles. The van der Waals surface area contributed by atoms with Crippen molar-refractivity contribution in [3.63, 3.8) is 0 Å². The zero-order valence-corrected chi connectivity index (χ0v) is 13.9. The zero-order valence-electron chi connectivity index (χ0n) is 12.4. The third-order valence-corrected chi connectivity index (χ3v) is 3.74. The number of benzene rings is 2. The molecule has 0 heterocycles. The van der Waals surface area contributed by atoms with Crippen LogP contribution in [0.4, 0.5) is 0 Å². The van der Waals surface area contributed by atoms with Gasteiger partial charge in [-0.1, -0.05) is 53.5 Å². The van der Waals surface area contributed by atoms with E-state index in [0.29, 0.717) is 40.8 Å². The van der Waals surface area contributed by atoms with Gasteiger partial charge in [-0.3, -0.25) is 9.59 Å². The topological polar surface area (TPSA) is 43.4 Å². The van der Waals surface area contributed by atoms with Gasteiger partial charge < -0.3 is 4.74 Å². The van der Waals surface area contributed by atoms with Crippen LogP contribution in [-0.2, 0) is 4.79 Å². The summed E-state index contributed by atoms with van der Waals surface area (Å²) in [7, 11) is 0. The van der Waals surface area contributed by atoms with E-state index in [1.807, 2.05) is 6.07 Å². The highest BCUT2D eigenvalue weighted by molar-refractivity contribution is 6.35. The van der Waals surface area contributed by atoms with Gasteiger partial charge in [0, 0.05) is 17.0 Å². The summed E-state index contributed by atoms with van der Waals surface area (Å²) in [6.07, 6.45) is 0.745. The van der Waals surface area contributed by atoms with Crippen LogP contribution in [0.3, 0.4) is 0 Å². The number of rotatable bonds is 8. The van der Waals surface area contributed by atoms with Gasteiger partial charge in [-0.15, -0.1) is 0 Å². The van der Waals surface area contributed by atoms with E-state index >= 15 is 0 Å². The Morgan fingerprint density at radius 2 is 1.74 bits per heavy atom. The smallest absolute Gasteiger partial charge is 0.170 e. The zero-order chi connectivity index (χ0) is 16.7. The molecular weight excluding hydrogens is 335 g/mol. The van der Waals surface area contributed by atoms with E-state index in [1.165, 1.54) is 0 Å². The fraction of sp³-hybridized carbons (Fsp3) is 0.222. The third kappa shape index (κ3) is 5.70. The van der Waals surface area contributed by atoms with Crippen molar-refractivity contribution >= 4 is 34.8 Å². The van der Waals surface area contributed by atoms with Gasteiger partial charge in [-0.25, -0.2) is 0 Å². The number of hydrogen-bond donors (Lipinski definition) is 0. The van der Waals surface area contributed by atoms with E-state index in [2.05, 4.69) is 0 Å². The van der Waals surface area contributed by atoms with Crippen molar-refractivity contribution < 1.29 is 14.3 Å². The SMILES string of the molecule is O=C(CCCOc1ccc(Cl)cc1Cl)CC(=O)c1ccccc1. The number of carbonyl (C=O) groups excluding carboxylic acids is 2. The summed E-state index contributed by atoms with van der Waals surface area (Å²) in [6.45, 7) is 0.354. The lowest BCUT2D eigenvalue weighted by atomic mass is 10.0. The highest BCUT2D eigenvalue weighted by atomic mass is 35.5. The van der Waals surface area contributed by atoms with E-state index < -0.39 is 0 Å². The maximum absolute atomic E-state index is 11.9. The second kappa shape index (κ2) is 8.70. The summed E-state index contributed by atoms with van der Waals surface area (Å²) in [5.74, 6) is 0.283. The van der Waals surface area contributed by atoms with E-state index in [-0.39, 0.29) is 18.0 Å². The van der Waals surface area contributed by atoms with Crippen LogP contribution in [0.2, 0.25) is 10.0 Å². The van der Waals surface area contributed by atoms with Crippen LogP contribution in [0.5, 0.6) is 5.75 Å². The van der Waals surface area contributed by atoms with Crippen LogP contribution < -0.4 is 4.74 Å². The molecule has 2 aromatic rings. The third-order valence-electron chi connectivity index (χ3n) is 3.20. The molecule has 0 spiro atoms. The molecule has 0 saturated carbocycles. The predicted molar refractivity (Wildman–Crippen MR) is 91.6 cm³/mol. The van der Waals surface area contributed by atoms with E-state index in [9.17, 15) is 9.59 Å². The monoisotopic (exact) mass is 350 g/mol. The summed E-state index contributed by atoms with van der Waals surface area (Å²) in [5.41, 5.74) is 0.560. The van der Waals surface area contributed by atoms with Gasteiger partial charge in [0.2, 0.25) is 0 Å². The maximum atomic E-state index is 11.9. The molecule has 0 amide bonds. The molecule has 0 N–H and O–H groups in total. The molecule has 0 aliphatic rings. The normalized spacial score (nSPS) is 10.3. The molecule has 0 aromatic heterocycles. The quantitative estimate of drug-likeness (QED) is 0.382. The molecule has 0 atom stereocenters. The molecule has 23 heavy (non-hydrogen) atoms. The Labute approximate surface area is 145 Å². The molecule has 3 nitrogen and oxygen atoms in total. The minimum atomic E-state index is -0.155. The molecule has 0 radical (unpaired) electrons. The summed E-state index contributed by atoms with van der Waals surface area (Å²) in [4.78, 5) is 23.7. The molecular formula is C18H16Cl2O3. The minimum Gasteiger partial charge on any atom is -0.492 e. The fourth-order valence-electron chi connectivity index (χ4n) is 2.04. The first kappa shape index (κ1) is 17.5.